The molecule has 0 saturated carbocycles. The van der Waals surface area contributed by atoms with Gasteiger partial charge in [-0.3, -0.25) is 4.79 Å². The lowest BCUT2D eigenvalue weighted by Gasteiger charge is -2.13. The number of rotatable bonds is 7. The molecule has 1 rings (SSSR count). The minimum absolute atomic E-state index is 0.331. The molecule has 1 aromatic carbocycles. The normalized spacial score (nSPS) is 11.8. The van der Waals surface area contributed by atoms with Crippen molar-refractivity contribution in [1.82, 2.24) is 0 Å². The Labute approximate surface area is 113 Å². The molecule has 106 valence electrons. The van der Waals surface area contributed by atoms with Gasteiger partial charge in [-0.25, -0.2) is 0 Å². The molecule has 1 atom stereocenters. The number of carbonyl (C=O) groups is 1. The van der Waals surface area contributed by atoms with Gasteiger partial charge in [0.15, 0.2) is 11.5 Å². The molecule has 0 amide bonds. The number of benzene rings is 1. The van der Waals surface area contributed by atoms with E-state index in [0.29, 0.717) is 24.5 Å². The van der Waals surface area contributed by atoms with Crippen molar-refractivity contribution in [3.63, 3.8) is 0 Å². The molecule has 0 heterocycles. The van der Waals surface area contributed by atoms with Crippen molar-refractivity contribution in [2.75, 3.05) is 20.8 Å². The Kier molecular flexibility index (Phi) is 6.15. The second-order valence-corrected chi connectivity index (χ2v) is 4.11. The van der Waals surface area contributed by atoms with Crippen LogP contribution in [0.15, 0.2) is 18.2 Å². The summed E-state index contributed by atoms with van der Waals surface area (Å²) in [5, 5.41) is 0. The van der Waals surface area contributed by atoms with E-state index in [9.17, 15) is 4.79 Å². The van der Waals surface area contributed by atoms with Gasteiger partial charge in [0.2, 0.25) is 0 Å². The maximum atomic E-state index is 11.1. The van der Waals surface area contributed by atoms with E-state index in [1.54, 1.807) is 7.11 Å². The first-order valence-electron chi connectivity index (χ1n) is 6.25. The molecular weight excluding hydrogens is 246 g/mol. The zero-order chi connectivity index (χ0) is 14.3. The van der Waals surface area contributed by atoms with Crippen molar-refractivity contribution in [3.8, 4) is 11.5 Å². The van der Waals surface area contributed by atoms with E-state index in [-0.39, 0.29) is 0 Å². The number of esters is 1. The van der Waals surface area contributed by atoms with Crippen LogP contribution in [-0.2, 0) is 16.0 Å². The molecule has 0 aliphatic rings. The zero-order valence-corrected chi connectivity index (χ0v) is 11.6. The first kappa shape index (κ1) is 15.3. The molecule has 0 spiro atoms. The molecule has 0 saturated heterocycles. The molecule has 0 fully saturated rings. The highest BCUT2D eigenvalue weighted by Gasteiger charge is 2.14. The summed E-state index contributed by atoms with van der Waals surface area (Å²) in [6.07, 6.45) is 1.33. The summed E-state index contributed by atoms with van der Waals surface area (Å²) in [6.45, 7) is 2.41. The van der Waals surface area contributed by atoms with Gasteiger partial charge in [0, 0.05) is 6.42 Å². The van der Waals surface area contributed by atoms with E-state index in [0.717, 1.165) is 6.42 Å². The number of carbonyl (C=O) groups excluding carboxylic acids is 1. The first-order chi connectivity index (χ1) is 9.12. The number of hydrogen-bond donors (Lipinski definition) is 1. The lowest BCUT2D eigenvalue weighted by Crippen LogP contribution is -2.33. The highest BCUT2D eigenvalue weighted by molar-refractivity contribution is 5.75. The van der Waals surface area contributed by atoms with Crippen LogP contribution in [0.1, 0.15) is 18.9 Å². The highest BCUT2D eigenvalue weighted by atomic mass is 16.5. The van der Waals surface area contributed by atoms with Crippen LogP contribution in [0.5, 0.6) is 11.5 Å². The van der Waals surface area contributed by atoms with Crippen LogP contribution in [0.4, 0.5) is 0 Å². The fourth-order valence-corrected chi connectivity index (χ4v) is 1.62. The third-order valence-corrected chi connectivity index (χ3v) is 2.83. The van der Waals surface area contributed by atoms with Gasteiger partial charge in [0.1, 0.15) is 6.04 Å². The molecular formula is C14H21NO4. The van der Waals surface area contributed by atoms with Gasteiger partial charge in [-0.1, -0.05) is 13.0 Å². The highest BCUT2D eigenvalue weighted by Crippen LogP contribution is 2.28. The van der Waals surface area contributed by atoms with Gasteiger partial charge in [0.25, 0.3) is 0 Å². The molecule has 1 aromatic rings. The van der Waals surface area contributed by atoms with Gasteiger partial charge >= 0.3 is 5.97 Å². The van der Waals surface area contributed by atoms with Crippen LogP contribution < -0.4 is 15.2 Å². The summed E-state index contributed by atoms with van der Waals surface area (Å²) in [5.41, 5.74) is 6.80. The van der Waals surface area contributed by atoms with Crippen molar-refractivity contribution >= 4 is 5.97 Å². The molecule has 1 unspecified atom stereocenters. The van der Waals surface area contributed by atoms with Crippen LogP contribution in [0, 0.1) is 0 Å². The summed E-state index contributed by atoms with van der Waals surface area (Å²) >= 11 is 0. The van der Waals surface area contributed by atoms with E-state index in [1.165, 1.54) is 12.7 Å². The standard InChI is InChI=1S/C14H21NO4/c1-4-10-5-6-12(13(9-10)17-2)19-8-7-11(15)14(16)18-3/h5-6,9,11H,4,7-8,15H2,1-3H3. The predicted molar refractivity (Wildman–Crippen MR) is 72.5 cm³/mol. The predicted octanol–water partition coefficient (Wildman–Crippen LogP) is 1.53. The van der Waals surface area contributed by atoms with E-state index in [2.05, 4.69) is 11.7 Å². The Morgan fingerprint density at radius 1 is 1.32 bits per heavy atom. The smallest absolute Gasteiger partial charge is 0.322 e. The SMILES string of the molecule is CCc1ccc(OCCC(N)C(=O)OC)c(OC)c1. The largest absolute Gasteiger partial charge is 0.493 e. The minimum Gasteiger partial charge on any atom is -0.493 e. The quantitative estimate of drug-likeness (QED) is 0.758. The Balaban J connectivity index is 2.55. The zero-order valence-electron chi connectivity index (χ0n) is 11.6. The molecule has 2 N–H and O–H groups in total. The van der Waals surface area contributed by atoms with Crippen LogP contribution in [0.2, 0.25) is 0 Å². The Morgan fingerprint density at radius 2 is 2.05 bits per heavy atom. The number of nitrogens with two attached hydrogens (primary N) is 1. The third kappa shape index (κ3) is 4.44. The molecule has 0 radical (unpaired) electrons. The fourth-order valence-electron chi connectivity index (χ4n) is 1.62. The second kappa shape index (κ2) is 7.63. The van der Waals surface area contributed by atoms with Crippen molar-refractivity contribution in [3.05, 3.63) is 23.8 Å². The van der Waals surface area contributed by atoms with Gasteiger partial charge in [-0.05, 0) is 24.1 Å². The monoisotopic (exact) mass is 267 g/mol. The summed E-state index contributed by atoms with van der Waals surface area (Å²) in [4.78, 5) is 11.1. The van der Waals surface area contributed by atoms with E-state index >= 15 is 0 Å². The van der Waals surface area contributed by atoms with Gasteiger partial charge in [-0.2, -0.15) is 0 Å². The lowest BCUT2D eigenvalue weighted by molar-refractivity contribution is -0.142. The molecule has 19 heavy (non-hydrogen) atoms. The summed E-state index contributed by atoms with van der Waals surface area (Å²) in [5.74, 6) is 0.902. The van der Waals surface area contributed by atoms with Crippen molar-refractivity contribution in [2.45, 2.75) is 25.8 Å². The Hall–Kier alpha value is -1.75. The summed E-state index contributed by atoms with van der Waals surface area (Å²) < 4.78 is 15.4. The fraction of sp³-hybridized carbons (Fsp3) is 0.500. The molecule has 0 aliphatic heterocycles. The van der Waals surface area contributed by atoms with E-state index in [4.69, 9.17) is 15.2 Å². The molecule has 0 aliphatic carbocycles. The number of aryl methyl sites for hydroxylation is 1. The number of hydrogen-bond acceptors (Lipinski definition) is 5. The third-order valence-electron chi connectivity index (χ3n) is 2.83. The average Bonchev–Trinajstić information content (AvgIpc) is 2.46. The summed E-state index contributed by atoms with van der Waals surface area (Å²) in [6, 6.07) is 5.13. The average molecular weight is 267 g/mol. The summed E-state index contributed by atoms with van der Waals surface area (Å²) in [7, 11) is 2.91. The topological polar surface area (TPSA) is 70.8 Å². The van der Waals surface area contributed by atoms with Crippen molar-refractivity contribution in [2.24, 2.45) is 5.73 Å². The van der Waals surface area contributed by atoms with Crippen LogP contribution >= 0.6 is 0 Å². The minimum atomic E-state index is -0.661. The van der Waals surface area contributed by atoms with Crippen LogP contribution in [-0.4, -0.2) is 32.8 Å². The Bertz CT molecular complexity index is 420. The number of methoxy groups -OCH3 is 2. The molecule has 5 nitrogen and oxygen atoms in total. The first-order valence-corrected chi connectivity index (χ1v) is 6.25. The van der Waals surface area contributed by atoms with E-state index in [1.807, 2.05) is 18.2 Å². The van der Waals surface area contributed by atoms with Gasteiger partial charge in [0.05, 0.1) is 20.8 Å². The lowest BCUT2D eigenvalue weighted by atomic mass is 10.1. The molecule has 0 bridgehead atoms. The maximum Gasteiger partial charge on any atom is 0.322 e. The van der Waals surface area contributed by atoms with Crippen LogP contribution in [0.25, 0.3) is 0 Å². The van der Waals surface area contributed by atoms with E-state index < -0.39 is 12.0 Å². The van der Waals surface area contributed by atoms with Crippen LogP contribution in [0.3, 0.4) is 0 Å². The number of ether oxygens (including phenoxy) is 3. The van der Waals surface area contributed by atoms with Crippen molar-refractivity contribution < 1.29 is 19.0 Å². The maximum absolute atomic E-state index is 11.1. The van der Waals surface area contributed by atoms with Crippen molar-refractivity contribution in [1.29, 1.82) is 0 Å². The van der Waals surface area contributed by atoms with Gasteiger partial charge in [-0.15, -0.1) is 0 Å². The molecule has 0 aromatic heterocycles. The second-order valence-electron chi connectivity index (χ2n) is 4.11. The Morgan fingerprint density at radius 3 is 2.63 bits per heavy atom. The molecule has 5 heteroatoms. The van der Waals surface area contributed by atoms with Gasteiger partial charge < -0.3 is 19.9 Å².